The SMILES string of the molecule is CC[C@@H](C)NC(=O)[C@@H](Cc1ccccc1)N(Cc1ccc(F)cc1)C(=O)CN(c1cccc(C)c1C)S(C)(=O)=O. The first-order chi connectivity index (χ1) is 18.9. The minimum atomic E-state index is -3.86. The summed E-state index contributed by atoms with van der Waals surface area (Å²) >= 11 is 0. The molecule has 0 heterocycles. The van der Waals surface area contributed by atoms with Crippen molar-refractivity contribution in [3.05, 3.63) is 101 Å². The zero-order chi connectivity index (χ0) is 29.4. The Morgan fingerprint density at radius 3 is 2.17 bits per heavy atom. The molecular formula is C31H38FN3O4S. The van der Waals surface area contributed by atoms with Gasteiger partial charge in [-0.25, -0.2) is 12.8 Å². The topological polar surface area (TPSA) is 86.8 Å². The number of carbonyl (C=O) groups is 2. The minimum Gasteiger partial charge on any atom is -0.352 e. The van der Waals surface area contributed by atoms with Gasteiger partial charge >= 0.3 is 0 Å². The number of anilines is 1. The van der Waals surface area contributed by atoms with E-state index in [2.05, 4.69) is 5.32 Å². The van der Waals surface area contributed by atoms with Gasteiger partial charge < -0.3 is 10.2 Å². The predicted octanol–water partition coefficient (Wildman–Crippen LogP) is 4.76. The van der Waals surface area contributed by atoms with Crippen molar-refractivity contribution in [1.29, 1.82) is 0 Å². The van der Waals surface area contributed by atoms with Crippen molar-refractivity contribution in [2.24, 2.45) is 0 Å². The number of nitrogens with one attached hydrogen (secondary N) is 1. The molecule has 0 bridgehead atoms. The Labute approximate surface area is 237 Å². The van der Waals surface area contributed by atoms with Gasteiger partial charge in [0.25, 0.3) is 0 Å². The van der Waals surface area contributed by atoms with Gasteiger partial charge in [-0.3, -0.25) is 13.9 Å². The van der Waals surface area contributed by atoms with Crippen molar-refractivity contribution in [3.63, 3.8) is 0 Å². The highest BCUT2D eigenvalue weighted by Crippen LogP contribution is 2.26. The molecule has 9 heteroatoms. The van der Waals surface area contributed by atoms with E-state index in [1.807, 2.05) is 57.2 Å². The quantitative estimate of drug-likeness (QED) is 0.342. The van der Waals surface area contributed by atoms with Gasteiger partial charge in [0.15, 0.2) is 0 Å². The van der Waals surface area contributed by atoms with Crippen molar-refractivity contribution in [2.45, 2.75) is 59.2 Å². The third kappa shape index (κ3) is 8.14. The Hall–Kier alpha value is -3.72. The van der Waals surface area contributed by atoms with Crippen LogP contribution in [-0.4, -0.2) is 50.0 Å². The molecule has 0 aliphatic carbocycles. The first-order valence-corrected chi connectivity index (χ1v) is 15.2. The molecule has 2 atom stereocenters. The molecule has 214 valence electrons. The lowest BCUT2D eigenvalue weighted by Crippen LogP contribution is -2.54. The Morgan fingerprint density at radius 2 is 1.57 bits per heavy atom. The molecule has 1 N–H and O–H groups in total. The van der Waals surface area contributed by atoms with E-state index >= 15 is 0 Å². The monoisotopic (exact) mass is 567 g/mol. The van der Waals surface area contributed by atoms with Crippen molar-refractivity contribution < 1.29 is 22.4 Å². The van der Waals surface area contributed by atoms with Crippen LogP contribution in [0.3, 0.4) is 0 Å². The van der Waals surface area contributed by atoms with Crippen LogP contribution < -0.4 is 9.62 Å². The fraction of sp³-hybridized carbons (Fsp3) is 0.355. The summed E-state index contributed by atoms with van der Waals surface area (Å²) in [4.78, 5) is 29.2. The Balaban J connectivity index is 2.08. The molecule has 3 aromatic carbocycles. The lowest BCUT2D eigenvalue weighted by Gasteiger charge is -2.34. The van der Waals surface area contributed by atoms with E-state index in [9.17, 15) is 22.4 Å². The number of nitrogens with zero attached hydrogens (tertiary/aromatic N) is 2. The third-order valence-electron chi connectivity index (χ3n) is 7.06. The molecule has 0 aromatic heterocycles. The number of halogens is 1. The fourth-order valence-corrected chi connectivity index (χ4v) is 5.28. The summed E-state index contributed by atoms with van der Waals surface area (Å²) in [6.07, 6.45) is 1.98. The van der Waals surface area contributed by atoms with Crippen molar-refractivity contribution in [1.82, 2.24) is 10.2 Å². The molecule has 40 heavy (non-hydrogen) atoms. The van der Waals surface area contributed by atoms with Gasteiger partial charge in [0, 0.05) is 19.0 Å². The fourth-order valence-electron chi connectivity index (χ4n) is 4.38. The zero-order valence-electron chi connectivity index (χ0n) is 23.7. The molecular weight excluding hydrogens is 529 g/mol. The highest BCUT2D eigenvalue weighted by Gasteiger charge is 2.33. The Morgan fingerprint density at radius 1 is 0.925 bits per heavy atom. The number of carbonyl (C=O) groups excluding carboxylic acids is 2. The smallest absolute Gasteiger partial charge is 0.244 e. The molecule has 0 aliphatic rings. The molecule has 0 saturated carbocycles. The van der Waals surface area contributed by atoms with Crippen LogP contribution in [0.15, 0.2) is 72.8 Å². The van der Waals surface area contributed by atoms with Gasteiger partial charge in [-0.05, 0) is 67.6 Å². The van der Waals surface area contributed by atoms with Crippen LogP contribution in [0.1, 0.15) is 42.5 Å². The second-order valence-electron chi connectivity index (χ2n) is 10.2. The molecule has 2 amide bonds. The predicted molar refractivity (Wildman–Crippen MR) is 157 cm³/mol. The summed E-state index contributed by atoms with van der Waals surface area (Å²) in [5, 5.41) is 2.99. The lowest BCUT2D eigenvalue weighted by atomic mass is 10.0. The van der Waals surface area contributed by atoms with Crippen LogP contribution in [0.2, 0.25) is 0 Å². The molecule has 7 nitrogen and oxygen atoms in total. The van der Waals surface area contributed by atoms with Crippen LogP contribution in [0.4, 0.5) is 10.1 Å². The summed E-state index contributed by atoms with van der Waals surface area (Å²) in [6.45, 7) is 7.02. The number of sulfonamides is 1. The first kappa shape index (κ1) is 30.8. The summed E-state index contributed by atoms with van der Waals surface area (Å²) < 4.78 is 40.7. The summed E-state index contributed by atoms with van der Waals surface area (Å²) in [7, 11) is -3.86. The van der Waals surface area contributed by atoms with Crippen LogP contribution in [0.5, 0.6) is 0 Å². The highest BCUT2D eigenvalue weighted by molar-refractivity contribution is 7.92. The second-order valence-corrected chi connectivity index (χ2v) is 12.1. The zero-order valence-corrected chi connectivity index (χ0v) is 24.5. The van der Waals surface area contributed by atoms with Gasteiger partial charge in [-0.15, -0.1) is 0 Å². The van der Waals surface area contributed by atoms with Crippen molar-refractivity contribution >= 4 is 27.5 Å². The molecule has 3 aromatic rings. The molecule has 3 rings (SSSR count). The van der Waals surface area contributed by atoms with Crippen molar-refractivity contribution in [3.8, 4) is 0 Å². The molecule has 0 unspecified atom stereocenters. The number of hydrogen-bond acceptors (Lipinski definition) is 4. The maximum Gasteiger partial charge on any atom is 0.244 e. The van der Waals surface area contributed by atoms with E-state index in [4.69, 9.17) is 0 Å². The van der Waals surface area contributed by atoms with E-state index in [-0.39, 0.29) is 24.9 Å². The average molecular weight is 568 g/mol. The largest absolute Gasteiger partial charge is 0.352 e. The van der Waals surface area contributed by atoms with Gasteiger partial charge in [-0.1, -0.05) is 61.5 Å². The van der Waals surface area contributed by atoms with E-state index < -0.39 is 34.3 Å². The third-order valence-corrected chi connectivity index (χ3v) is 8.19. The highest BCUT2D eigenvalue weighted by atomic mass is 32.2. The molecule has 0 aliphatic heterocycles. The molecule has 0 radical (unpaired) electrons. The normalized spacial score (nSPS) is 12.8. The number of aryl methyl sites for hydroxylation is 1. The van der Waals surface area contributed by atoms with Gasteiger partial charge in [-0.2, -0.15) is 0 Å². The van der Waals surface area contributed by atoms with Gasteiger partial charge in [0.2, 0.25) is 21.8 Å². The van der Waals surface area contributed by atoms with E-state index in [0.29, 0.717) is 17.7 Å². The molecule has 0 fully saturated rings. The lowest BCUT2D eigenvalue weighted by molar-refractivity contribution is -0.140. The maximum absolute atomic E-state index is 14.1. The van der Waals surface area contributed by atoms with Crippen LogP contribution >= 0.6 is 0 Å². The molecule has 0 saturated heterocycles. The number of rotatable bonds is 12. The van der Waals surface area contributed by atoms with E-state index in [1.165, 1.54) is 17.0 Å². The number of amides is 2. The van der Waals surface area contributed by atoms with Crippen LogP contribution in [-0.2, 0) is 32.6 Å². The molecule has 0 spiro atoms. The first-order valence-electron chi connectivity index (χ1n) is 13.3. The Kier molecular flexibility index (Phi) is 10.5. The number of hydrogen-bond donors (Lipinski definition) is 1. The maximum atomic E-state index is 14.1. The van der Waals surface area contributed by atoms with Gasteiger partial charge in [0.1, 0.15) is 18.4 Å². The number of benzene rings is 3. The summed E-state index contributed by atoms with van der Waals surface area (Å²) in [6, 6.07) is 19.3. The summed E-state index contributed by atoms with van der Waals surface area (Å²) in [5.74, 6) is -1.31. The van der Waals surface area contributed by atoms with E-state index in [1.54, 1.807) is 31.2 Å². The van der Waals surface area contributed by atoms with E-state index in [0.717, 1.165) is 27.3 Å². The average Bonchev–Trinajstić information content (AvgIpc) is 2.91. The Bertz CT molecular complexity index is 1410. The minimum absolute atomic E-state index is 0.00502. The van der Waals surface area contributed by atoms with Gasteiger partial charge in [0.05, 0.1) is 11.9 Å². The summed E-state index contributed by atoms with van der Waals surface area (Å²) in [5.41, 5.74) is 3.49. The second kappa shape index (κ2) is 13.6. The van der Waals surface area contributed by atoms with Crippen LogP contribution in [0, 0.1) is 19.7 Å². The van der Waals surface area contributed by atoms with Crippen LogP contribution in [0.25, 0.3) is 0 Å². The standard InChI is InChI=1S/C31H38FN3O4S/c1-6-23(3)33-31(37)29(19-25-12-8-7-9-13-25)34(20-26-15-17-27(32)18-16-26)30(36)21-35(40(5,38)39)28-14-10-11-22(2)24(28)4/h7-18,23,29H,6,19-21H2,1-5H3,(H,33,37)/t23-,29-/m1/s1. The van der Waals surface area contributed by atoms with Crippen molar-refractivity contribution in [2.75, 3.05) is 17.1 Å².